The fourth-order valence-corrected chi connectivity index (χ4v) is 0.828. The lowest BCUT2D eigenvalue weighted by Crippen LogP contribution is -2.56. The molecule has 0 aliphatic rings. The number of Topliss-reactive ketones (excluding diaryl/α,β-unsaturated/α-hetero) is 1. The average molecular weight is 284 g/mol. The van der Waals surface area contributed by atoms with Crippen LogP contribution < -0.4 is 0 Å². The van der Waals surface area contributed by atoms with Crippen molar-refractivity contribution >= 4 is 11.8 Å². The summed E-state index contributed by atoms with van der Waals surface area (Å²) in [7, 11) is 0.829. The molecule has 18 heavy (non-hydrogen) atoms. The second-order valence-electron chi connectivity index (χ2n) is 3.15. The molecule has 0 atom stereocenters. The molecule has 0 spiro atoms. The SMILES string of the molecule is COC(=O)CCC(=O)C(F)(F)C(F)(F)C(F)(F)F. The van der Waals surface area contributed by atoms with E-state index in [1.807, 2.05) is 0 Å². The number of rotatable bonds is 5. The Balaban J connectivity index is 4.93. The summed E-state index contributed by atoms with van der Waals surface area (Å²) in [5.74, 6) is -16.3. The van der Waals surface area contributed by atoms with Crippen LogP contribution in [0.5, 0.6) is 0 Å². The lowest BCUT2D eigenvalue weighted by atomic mass is 10.0. The van der Waals surface area contributed by atoms with E-state index < -0.39 is 42.6 Å². The van der Waals surface area contributed by atoms with Gasteiger partial charge in [0.05, 0.1) is 13.5 Å². The Morgan fingerprint density at radius 2 is 1.39 bits per heavy atom. The van der Waals surface area contributed by atoms with Crippen LogP contribution in [-0.2, 0) is 14.3 Å². The lowest BCUT2D eigenvalue weighted by molar-refractivity contribution is -0.343. The average Bonchev–Trinajstić information content (AvgIpc) is 2.23. The van der Waals surface area contributed by atoms with Crippen molar-refractivity contribution in [3.63, 3.8) is 0 Å². The van der Waals surface area contributed by atoms with Crippen LogP contribution >= 0.6 is 0 Å². The van der Waals surface area contributed by atoms with E-state index in [2.05, 4.69) is 4.74 Å². The second kappa shape index (κ2) is 5.11. The molecule has 0 aromatic rings. The molecule has 0 saturated carbocycles. The number of carbonyl (C=O) groups excluding carboxylic acids is 2. The molecule has 3 nitrogen and oxygen atoms in total. The first kappa shape index (κ1) is 16.6. The van der Waals surface area contributed by atoms with Crippen LogP contribution in [0.1, 0.15) is 12.8 Å². The van der Waals surface area contributed by atoms with Crippen molar-refractivity contribution < 1.29 is 45.1 Å². The molecule has 0 aromatic carbocycles. The van der Waals surface area contributed by atoms with Crippen molar-refractivity contribution in [3.8, 4) is 0 Å². The van der Waals surface area contributed by atoms with Gasteiger partial charge < -0.3 is 4.74 Å². The summed E-state index contributed by atoms with van der Waals surface area (Å²) < 4.78 is 89.0. The minimum Gasteiger partial charge on any atom is -0.469 e. The molecular formula is C8H7F7O3. The van der Waals surface area contributed by atoms with Gasteiger partial charge in [0.15, 0.2) is 0 Å². The third-order valence-electron chi connectivity index (χ3n) is 1.88. The van der Waals surface area contributed by atoms with Gasteiger partial charge >= 0.3 is 24.0 Å². The van der Waals surface area contributed by atoms with Gasteiger partial charge in [0, 0.05) is 6.42 Å². The zero-order chi connectivity index (χ0) is 14.8. The van der Waals surface area contributed by atoms with Crippen molar-refractivity contribution in [3.05, 3.63) is 0 Å². The zero-order valence-corrected chi connectivity index (χ0v) is 8.78. The van der Waals surface area contributed by atoms with E-state index in [0.717, 1.165) is 7.11 Å². The second-order valence-corrected chi connectivity index (χ2v) is 3.15. The van der Waals surface area contributed by atoms with E-state index in [-0.39, 0.29) is 0 Å². The summed E-state index contributed by atoms with van der Waals surface area (Å²) in [4.78, 5) is 21.1. The van der Waals surface area contributed by atoms with Crippen molar-refractivity contribution in [1.82, 2.24) is 0 Å². The van der Waals surface area contributed by atoms with E-state index in [1.165, 1.54) is 0 Å². The molecule has 0 aliphatic heterocycles. The Morgan fingerprint density at radius 1 is 0.944 bits per heavy atom. The van der Waals surface area contributed by atoms with Gasteiger partial charge in [0.1, 0.15) is 0 Å². The van der Waals surface area contributed by atoms with Crippen LogP contribution in [0, 0.1) is 0 Å². The maximum Gasteiger partial charge on any atom is 0.460 e. The lowest BCUT2D eigenvalue weighted by Gasteiger charge is -2.26. The number of alkyl halides is 7. The maximum atomic E-state index is 12.7. The Kier molecular flexibility index (Phi) is 4.72. The van der Waals surface area contributed by atoms with E-state index in [9.17, 15) is 40.3 Å². The number of hydrogen-bond acceptors (Lipinski definition) is 3. The van der Waals surface area contributed by atoms with Gasteiger partial charge in [-0.15, -0.1) is 0 Å². The molecule has 0 bridgehead atoms. The Labute approximate surface area is 95.9 Å². The number of esters is 1. The normalized spacial score (nSPS) is 13.3. The minimum absolute atomic E-state index is 0.829. The molecule has 106 valence electrons. The molecule has 0 aliphatic carbocycles. The van der Waals surface area contributed by atoms with Crippen LogP contribution in [0.3, 0.4) is 0 Å². The topological polar surface area (TPSA) is 43.4 Å². The van der Waals surface area contributed by atoms with Crippen molar-refractivity contribution in [2.24, 2.45) is 0 Å². The highest BCUT2D eigenvalue weighted by Crippen LogP contribution is 2.47. The van der Waals surface area contributed by atoms with E-state index in [1.54, 1.807) is 0 Å². The fraction of sp³-hybridized carbons (Fsp3) is 0.750. The Morgan fingerprint density at radius 3 is 1.72 bits per heavy atom. The molecule has 0 amide bonds. The van der Waals surface area contributed by atoms with E-state index >= 15 is 0 Å². The number of halogens is 7. The minimum atomic E-state index is -6.57. The predicted molar refractivity (Wildman–Crippen MR) is 42.2 cm³/mol. The van der Waals surface area contributed by atoms with Gasteiger partial charge in [0.2, 0.25) is 5.78 Å². The smallest absolute Gasteiger partial charge is 0.460 e. The molecule has 0 aromatic heterocycles. The number of methoxy groups -OCH3 is 1. The van der Waals surface area contributed by atoms with Crippen molar-refractivity contribution in [2.75, 3.05) is 7.11 Å². The van der Waals surface area contributed by atoms with Gasteiger partial charge in [-0.05, 0) is 0 Å². The fourth-order valence-electron chi connectivity index (χ4n) is 0.828. The van der Waals surface area contributed by atoms with Crippen molar-refractivity contribution in [2.45, 2.75) is 30.9 Å². The monoisotopic (exact) mass is 284 g/mol. The van der Waals surface area contributed by atoms with E-state index in [4.69, 9.17) is 0 Å². The highest BCUT2D eigenvalue weighted by Gasteiger charge is 2.75. The predicted octanol–water partition coefficient (Wildman–Crippen LogP) is 2.34. The van der Waals surface area contributed by atoms with E-state index in [0.29, 0.717) is 0 Å². The molecule has 0 saturated heterocycles. The van der Waals surface area contributed by atoms with Crippen LogP contribution in [-0.4, -0.2) is 36.9 Å². The van der Waals surface area contributed by atoms with Crippen molar-refractivity contribution in [1.29, 1.82) is 0 Å². The van der Waals surface area contributed by atoms with Gasteiger partial charge in [-0.2, -0.15) is 30.7 Å². The van der Waals surface area contributed by atoms with Crippen LogP contribution in [0.25, 0.3) is 0 Å². The zero-order valence-electron chi connectivity index (χ0n) is 8.78. The first-order valence-corrected chi connectivity index (χ1v) is 4.30. The molecule has 0 rings (SSSR count). The molecular weight excluding hydrogens is 277 g/mol. The standard InChI is InChI=1S/C8H7F7O3/c1-18-5(17)3-2-4(16)6(9,10)7(11,12)8(13,14)15/h2-3H2,1H3. The summed E-state index contributed by atoms with van der Waals surface area (Å²) in [6, 6.07) is 0. The number of hydrogen-bond donors (Lipinski definition) is 0. The Bertz CT molecular complexity index is 334. The summed E-state index contributed by atoms with van der Waals surface area (Å²) in [5.41, 5.74) is 0. The highest BCUT2D eigenvalue weighted by molar-refractivity contribution is 5.89. The van der Waals surface area contributed by atoms with Crippen LogP contribution in [0.15, 0.2) is 0 Å². The third kappa shape index (κ3) is 3.10. The van der Waals surface area contributed by atoms with Gasteiger partial charge in [-0.25, -0.2) is 0 Å². The molecule has 10 heteroatoms. The summed E-state index contributed by atoms with van der Waals surface area (Å²) in [5, 5.41) is 0. The first-order chi connectivity index (χ1) is 7.88. The number of ketones is 1. The molecule has 0 fully saturated rings. The number of ether oxygens (including phenoxy) is 1. The Hall–Kier alpha value is -1.35. The maximum absolute atomic E-state index is 12.7. The van der Waals surface area contributed by atoms with Crippen LogP contribution in [0.4, 0.5) is 30.7 Å². The summed E-state index contributed by atoms with van der Waals surface area (Å²) in [6.07, 6.45) is -9.07. The first-order valence-electron chi connectivity index (χ1n) is 4.30. The molecule has 0 N–H and O–H groups in total. The van der Waals surface area contributed by atoms with Crippen LogP contribution in [0.2, 0.25) is 0 Å². The molecule has 0 radical (unpaired) electrons. The molecule has 0 heterocycles. The summed E-state index contributed by atoms with van der Waals surface area (Å²) in [6.45, 7) is 0. The number of carbonyl (C=O) groups is 2. The van der Waals surface area contributed by atoms with Gasteiger partial charge in [-0.3, -0.25) is 9.59 Å². The van der Waals surface area contributed by atoms with Gasteiger partial charge in [-0.1, -0.05) is 0 Å². The third-order valence-corrected chi connectivity index (χ3v) is 1.88. The highest BCUT2D eigenvalue weighted by atomic mass is 19.4. The summed E-state index contributed by atoms with van der Waals surface area (Å²) >= 11 is 0. The quantitative estimate of drug-likeness (QED) is 0.575. The molecule has 0 unspecified atom stereocenters. The van der Waals surface area contributed by atoms with Gasteiger partial charge in [0.25, 0.3) is 0 Å². The largest absolute Gasteiger partial charge is 0.469 e.